The molecule has 1 fully saturated rings. The summed E-state index contributed by atoms with van der Waals surface area (Å²) < 4.78 is 19.2. The van der Waals surface area contributed by atoms with E-state index in [0.29, 0.717) is 17.6 Å². The maximum absolute atomic E-state index is 13.3. The summed E-state index contributed by atoms with van der Waals surface area (Å²) in [5.74, 6) is -0.413. The summed E-state index contributed by atoms with van der Waals surface area (Å²) in [6.07, 6.45) is 0. The number of carbonyl (C=O) groups excluding carboxylic acids is 1. The Morgan fingerprint density at radius 2 is 2.16 bits per heavy atom. The Morgan fingerprint density at radius 3 is 2.84 bits per heavy atom. The van der Waals surface area contributed by atoms with Crippen LogP contribution in [0.15, 0.2) is 16.6 Å². The maximum Gasteiger partial charge on any atom is 0.260 e. The molecule has 7 heteroatoms. The van der Waals surface area contributed by atoms with Crippen LogP contribution in [0.25, 0.3) is 0 Å². The van der Waals surface area contributed by atoms with Gasteiger partial charge in [-0.25, -0.2) is 4.39 Å². The smallest absolute Gasteiger partial charge is 0.260 e. The molecule has 0 radical (unpaired) electrons. The Kier molecular flexibility index (Phi) is 5.01. The molecular formula is C12H13BrClFN2O2. The molecule has 1 aliphatic rings. The largest absolute Gasteiger partial charge is 0.482 e. The Morgan fingerprint density at radius 1 is 1.47 bits per heavy atom. The van der Waals surface area contributed by atoms with Gasteiger partial charge in [-0.2, -0.15) is 0 Å². The molecule has 0 spiro atoms. The standard InChI is InChI=1S/C12H13BrClFN2O2/c13-8-5-9(14)10(15)6-11(8)19-7-12(18)17-3-1-16-2-4-17/h5-6,16H,1-4,7H2. The van der Waals surface area contributed by atoms with E-state index in [9.17, 15) is 9.18 Å². The summed E-state index contributed by atoms with van der Waals surface area (Å²) in [6.45, 7) is 2.78. The zero-order valence-corrected chi connectivity index (χ0v) is 12.4. The lowest BCUT2D eigenvalue weighted by molar-refractivity contribution is -0.133. The van der Waals surface area contributed by atoms with Gasteiger partial charge >= 0.3 is 0 Å². The molecule has 1 aliphatic heterocycles. The first-order valence-corrected chi connectivity index (χ1v) is 7.01. The summed E-state index contributed by atoms with van der Waals surface area (Å²) in [4.78, 5) is 13.6. The number of amides is 1. The quantitative estimate of drug-likeness (QED) is 0.848. The Labute approximate surface area is 124 Å². The van der Waals surface area contributed by atoms with E-state index in [2.05, 4.69) is 21.2 Å². The van der Waals surface area contributed by atoms with Gasteiger partial charge < -0.3 is 15.0 Å². The Hall–Kier alpha value is -0.850. The number of piperazine rings is 1. The minimum atomic E-state index is -0.575. The van der Waals surface area contributed by atoms with Gasteiger partial charge in [-0.3, -0.25) is 4.79 Å². The van der Waals surface area contributed by atoms with E-state index in [1.807, 2.05) is 0 Å². The molecule has 0 unspecified atom stereocenters. The van der Waals surface area contributed by atoms with Crippen molar-refractivity contribution < 1.29 is 13.9 Å². The number of benzene rings is 1. The molecule has 1 aromatic carbocycles. The molecule has 1 saturated heterocycles. The third kappa shape index (κ3) is 3.81. The SMILES string of the molecule is O=C(COc1cc(F)c(Cl)cc1Br)N1CCNCC1. The van der Waals surface area contributed by atoms with Crippen LogP contribution in [0.1, 0.15) is 0 Å². The summed E-state index contributed by atoms with van der Waals surface area (Å²) in [7, 11) is 0. The number of nitrogens with zero attached hydrogens (tertiary/aromatic N) is 1. The highest BCUT2D eigenvalue weighted by Crippen LogP contribution is 2.30. The van der Waals surface area contributed by atoms with Gasteiger partial charge in [0.05, 0.1) is 9.50 Å². The van der Waals surface area contributed by atoms with E-state index in [1.54, 1.807) is 4.90 Å². The van der Waals surface area contributed by atoms with Gasteiger partial charge in [0.2, 0.25) is 0 Å². The van der Waals surface area contributed by atoms with Gasteiger partial charge in [-0.05, 0) is 22.0 Å². The lowest BCUT2D eigenvalue weighted by Crippen LogP contribution is -2.47. The topological polar surface area (TPSA) is 41.6 Å². The van der Waals surface area contributed by atoms with Crippen molar-refractivity contribution >= 4 is 33.4 Å². The van der Waals surface area contributed by atoms with Gasteiger partial charge in [0.15, 0.2) is 6.61 Å². The van der Waals surface area contributed by atoms with Crippen LogP contribution in [0, 0.1) is 5.82 Å². The summed E-state index contributed by atoms with van der Waals surface area (Å²) in [5, 5.41) is 3.17. The van der Waals surface area contributed by atoms with Crippen LogP contribution in [-0.2, 0) is 4.79 Å². The van der Waals surface area contributed by atoms with Crippen molar-refractivity contribution in [3.05, 3.63) is 27.4 Å². The molecule has 1 aromatic rings. The van der Waals surface area contributed by atoms with Crippen molar-refractivity contribution in [2.24, 2.45) is 0 Å². The Balaban J connectivity index is 1.94. The minimum absolute atomic E-state index is 0.00709. The van der Waals surface area contributed by atoms with Crippen molar-refractivity contribution in [3.8, 4) is 5.75 Å². The van der Waals surface area contributed by atoms with Crippen molar-refractivity contribution in [2.75, 3.05) is 32.8 Å². The molecule has 0 atom stereocenters. The molecule has 1 amide bonds. The lowest BCUT2D eigenvalue weighted by atomic mass is 10.3. The number of hydrogen-bond donors (Lipinski definition) is 1. The fourth-order valence-electron chi connectivity index (χ4n) is 1.76. The van der Waals surface area contributed by atoms with Crippen molar-refractivity contribution in [1.29, 1.82) is 0 Å². The van der Waals surface area contributed by atoms with Gasteiger partial charge in [-0.1, -0.05) is 11.6 Å². The molecule has 1 heterocycles. The first-order chi connectivity index (χ1) is 9.08. The fourth-order valence-corrected chi connectivity index (χ4v) is 2.51. The third-order valence-electron chi connectivity index (χ3n) is 2.80. The van der Waals surface area contributed by atoms with Crippen molar-refractivity contribution in [3.63, 3.8) is 0 Å². The third-order valence-corrected chi connectivity index (χ3v) is 3.71. The monoisotopic (exact) mass is 350 g/mol. The zero-order chi connectivity index (χ0) is 13.8. The zero-order valence-electron chi connectivity index (χ0n) is 10.1. The van der Waals surface area contributed by atoms with Crippen LogP contribution in [0.2, 0.25) is 5.02 Å². The van der Waals surface area contributed by atoms with Crippen LogP contribution in [0.3, 0.4) is 0 Å². The van der Waals surface area contributed by atoms with Gasteiger partial charge in [0, 0.05) is 32.2 Å². The van der Waals surface area contributed by atoms with Gasteiger partial charge in [0.1, 0.15) is 11.6 Å². The molecule has 104 valence electrons. The number of rotatable bonds is 3. The highest BCUT2D eigenvalue weighted by atomic mass is 79.9. The molecule has 1 N–H and O–H groups in total. The molecule has 2 rings (SSSR count). The van der Waals surface area contributed by atoms with Crippen molar-refractivity contribution in [2.45, 2.75) is 0 Å². The number of carbonyl (C=O) groups is 1. The summed E-state index contributed by atoms with van der Waals surface area (Å²) in [6, 6.07) is 2.57. The van der Waals surface area contributed by atoms with E-state index in [-0.39, 0.29) is 23.3 Å². The molecule has 0 aliphatic carbocycles. The second-order valence-electron chi connectivity index (χ2n) is 4.12. The first-order valence-electron chi connectivity index (χ1n) is 5.84. The normalized spacial score (nSPS) is 15.4. The van der Waals surface area contributed by atoms with E-state index in [0.717, 1.165) is 19.2 Å². The average molecular weight is 352 g/mol. The minimum Gasteiger partial charge on any atom is -0.482 e. The Bertz CT molecular complexity index is 481. The summed E-state index contributed by atoms with van der Waals surface area (Å²) >= 11 is 8.84. The first kappa shape index (κ1) is 14.6. The number of halogens is 3. The predicted molar refractivity (Wildman–Crippen MR) is 74.1 cm³/mol. The van der Waals surface area contributed by atoms with Crippen LogP contribution >= 0.6 is 27.5 Å². The second-order valence-corrected chi connectivity index (χ2v) is 5.38. The number of ether oxygens (including phenoxy) is 1. The van der Waals surface area contributed by atoms with E-state index >= 15 is 0 Å². The lowest BCUT2D eigenvalue weighted by Gasteiger charge is -2.27. The fraction of sp³-hybridized carbons (Fsp3) is 0.417. The van der Waals surface area contributed by atoms with E-state index < -0.39 is 5.82 Å². The van der Waals surface area contributed by atoms with Crippen LogP contribution in [0.5, 0.6) is 5.75 Å². The number of hydrogen-bond acceptors (Lipinski definition) is 3. The van der Waals surface area contributed by atoms with Crippen LogP contribution in [0.4, 0.5) is 4.39 Å². The molecule has 19 heavy (non-hydrogen) atoms. The molecular weight excluding hydrogens is 338 g/mol. The predicted octanol–water partition coefficient (Wildman–Crippen LogP) is 2.05. The summed E-state index contributed by atoms with van der Waals surface area (Å²) in [5.41, 5.74) is 0. The average Bonchev–Trinajstić information content (AvgIpc) is 2.42. The van der Waals surface area contributed by atoms with Crippen molar-refractivity contribution in [1.82, 2.24) is 10.2 Å². The highest BCUT2D eigenvalue weighted by Gasteiger charge is 2.17. The van der Waals surface area contributed by atoms with Crippen LogP contribution in [-0.4, -0.2) is 43.6 Å². The van der Waals surface area contributed by atoms with Crippen LogP contribution < -0.4 is 10.1 Å². The number of nitrogens with one attached hydrogen (secondary N) is 1. The van der Waals surface area contributed by atoms with Gasteiger partial charge in [-0.15, -0.1) is 0 Å². The van der Waals surface area contributed by atoms with Gasteiger partial charge in [0.25, 0.3) is 5.91 Å². The second kappa shape index (κ2) is 6.54. The van der Waals surface area contributed by atoms with E-state index in [1.165, 1.54) is 6.07 Å². The molecule has 0 saturated carbocycles. The highest BCUT2D eigenvalue weighted by molar-refractivity contribution is 9.10. The van der Waals surface area contributed by atoms with E-state index in [4.69, 9.17) is 16.3 Å². The molecule has 0 aromatic heterocycles. The maximum atomic E-state index is 13.3. The molecule has 0 bridgehead atoms. The molecule has 4 nitrogen and oxygen atoms in total.